The molecule has 1 aliphatic heterocycles. The SMILES string of the molecule is CCC1(CO[Si](C)(C)C(C)(C)C)CCCC(CC)(CO[Si](C)(C)C(C)(C)C)N1O. The highest BCUT2D eigenvalue weighted by Gasteiger charge is 2.52. The molecule has 1 saturated heterocycles. The van der Waals surface area contributed by atoms with Crippen LogP contribution in [0.3, 0.4) is 0 Å². The van der Waals surface area contributed by atoms with Gasteiger partial charge in [-0.1, -0.05) is 55.4 Å². The number of hydrogen-bond acceptors (Lipinski definition) is 4. The van der Waals surface area contributed by atoms with Crippen LogP contribution in [0.1, 0.15) is 87.5 Å². The van der Waals surface area contributed by atoms with Gasteiger partial charge < -0.3 is 14.1 Å². The monoisotopic (exact) mass is 445 g/mol. The van der Waals surface area contributed by atoms with E-state index in [4.69, 9.17) is 8.85 Å². The fraction of sp³-hybridized carbons (Fsp3) is 1.00. The van der Waals surface area contributed by atoms with Crippen LogP contribution < -0.4 is 0 Å². The van der Waals surface area contributed by atoms with Gasteiger partial charge in [-0.25, -0.2) is 0 Å². The molecule has 0 saturated carbocycles. The Morgan fingerprint density at radius 3 is 1.31 bits per heavy atom. The molecule has 0 aliphatic carbocycles. The molecule has 29 heavy (non-hydrogen) atoms. The Kier molecular flexibility index (Phi) is 8.50. The summed E-state index contributed by atoms with van der Waals surface area (Å²) in [5, 5.41) is 13.7. The van der Waals surface area contributed by atoms with Crippen molar-refractivity contribution < 1.29 is 14.1 Å². The van der Waals surface area contributed by atoms with Gasteiger partial charge in [0.25, 0.3) is 0 Å². The lowest BCUT2D eigenvalue weighted by Crippen LogP contribution is -2.67. The van der Waals surface area contributed by atoms with E-state index in [9.17, 15) is 5.21 Å². The summed E-state index contributed by atoms with van der Waals surface area (Å²) < 4.78 is 13.3. The summed E-state index contributed by atoms with van der Waals surface area (Å²) in [6.45, 7) is 28.5. The van der Waals surface area contributed by atoms with Crippen molar-refractivity contribution >= 4 is 16.6 Å². The predicted molar refractivity (Wildman–Crippen MR) is 130 cm³/mol. The van der Waals surface area contributed by atoms with Crippen LogP contribution in [0.5, 0.6) is 0 Å². The topological polar surface area (TPSA) is 41.9 Å². The summed E-state index contributed by atoms with van der Waals surface area (Å²) in [6, 6.07) is 0. The summed E-state index contributed by atoms with van der Waals surface area (Å²) in [7, 11) is -3.75. The van der Waals surface area contributed by atoms with Gasteiger partial charge in [0, 0.05) is 0 Å². The summed E-state index contributed by atoms with van der Waals surface area (Å²) in [6.07, 6.45) is 4.85. The van der Waals surface area contributed by atoms with Crippen LogP contribution in [0.25, 0.3) is 0 Å². The minimum atomic E-state index is -1.87. The van der Waals surface area contributed by atoms with Crippen molar-refractivity contribution in [2.24, 2.45) is 0 Å². The molecule has 0 aromatic rings. The Hall–Kier alpha value is 0.274. The average Bonchev–Trinajstić information content (AvgIpc) is 2.58. The fourth-order valence-corrected chi connectivity index (χ4v) is 5.77. The molecule has 6 heteroatoms. The number of hydrogen-bond donors (Lipinski definition) is 1. The molecule has 1 N–H and O–H groups in total. The smallest absolute Gasteiger partial charge is 0.192 e. The summed E-state index contributed by atoms with van der Waals surface area (Å²) in [5.41, 5.74) is -0.638. The van der Waals surface area contributed by atoms with Crippen LogP contribution in [-0.2, 0) is 8.85 Å². The predicted octanol–water partition coefficient (Wildman–Crippen LogP) is 7.20. The van der Waals surface area contributed by atoms with Gasteiger partial charge in [0.1, 0.15) is 0 Å². The molecule has 174 valence electrons. The third-order valence-electron chi connectivity index (χ3n) is 8.51. The van der Waals surface area contributed by atoms with Gasteiger partial charge >= 0.3 is 0 Å². The first-order chi connectivity index (χ1) is 12.9. The largest absolute Gasteiger partial charge is 0.415 e. The van der Waals surface area contributed by atoms with Crippen LogP contribution in [0.2, 0.25) is 36.3 Å². The number of piperidine rings is 1. The third-order valence-corrected chi connectivity index (χ3v) is 17.5. The third kappa shape index (κ3) is 5.75. The van der Waals surface area contributed by atoms with Crippen LogP contribution in [0, 0.1) is 0 Å². The van der Waals surface area contributed by atoms with Gasteiger partial charge in [-0.2, -0.15) is 5.06 Å². The molecule has 4 nitrogen and oxygen atoms in total. The van der Waals surface area contributed by atoms with Gasteiger partial charge in [-0.15, -0.1) is 0 Å². The molecular formula is C23H51NO3Si2. The molecule has 2 unspecified atom stereocenters. The highest BCUT2D eigenvalue weighted by Crippen LogP contribution is 2.45. The summed E-state index contributed by atoms with van der Waals surface area (Å²) >= 11 is 0. The molecule has 1 heterocycles. The van der Waals surface area contributed by atoms with Gasteiger partial charge in [-0.05, 0) is 68.4 Å². The molecule has 1 fully saturated rings. The fourth-order valence-electron chi connectivity index (χ4n) is 3.65. The van der Waals surface area contributed by atoms with E-state index in [-0.39, 0.29) is 21.2 Å². The molecular weight excluding hydrogens is 394 g/mol. The van der Waals surface area contributed by atoms with Crippen molar-refractivity contribution in [1.82, 2.24) is 5.06 Å². The van der Waals surface area contributed by atoms with Crippen LogP contribution in [-0.4, -0.2) is 51.2 Å². The van der Waals surface area contributed by atoms with Crippen molar-refractivity contribution in [3.05, 3.63) is 0 Å². The van der Waals surface area contributed by atoms with Crippen molar-refractivity contribution in [2.45, 2.75) is 135 Å². The summed E-state index contributed by atoms with van der Waals surface area (Å²) in [4.78, 5) is 0. The zero-order valence-corrected chi connectivity index (χ0v) is 23.7. The van der Waals surface area contributed by atoms with Gasteiger partial charge in [0.05, 0.1) is 24.3 Å². The highest BCUT2D eigenvalue weighted by molar-refractivity contribution is 6.74. The van der Waals surface area contributed by atoms with E-state index in [1.807, 2.05) is 0 Å². The Morgan fingerprint density at radius 2 is 1.07 bits per heavy atom. The second kappa shape index (κ2) is 9.03. The number of nitrogens with zero attached hydrogens (tertiary/aromatic N) is 1. The van der Waals surface area contributed by atoms with Crippen molar-refractivity contribution in [2.75, 3.05) is 13.2 Å². The molecule has 0 spiro atoms. The van der Waals surface area contributed by atoms with E-state index in [2.05, 4.69) is 81.6 Å². The molecule has 0 bridgehead atoms. The van der Waals surface area contributed by atoms with Crippen LogP contribution >= 0.6 is 0 Å². The van der Waals surface area contributed by atoms with Gasteiger partial charge in [0.2, 0.25) is 0 Å². The quantitative estimate of drug-likeness (QED) is 0.401. The minimum Gasteiger partial charge on any atom is -0.415 e. The Morgan fingerprint density at radius 1 is 0.759 bits per heavy atom. The molecule has 1 aliphatic rings. The maximum absolute atomic E-state index is 11.6. The molecule has 0 aromatic heterocycles. The maximum atomic E-state index is 11.6. The van der Waals surface area contributed by atoms with Crippen LogP contribution in [0.4, 0.5) is 0 Å². The minimum absolute atomic E-state index is 0.171. The number of hydroxylamine groups is 2. The maximum Gasteiger partial charge on any atom is 0.192 e. The van der Waals surface area contributed by atoms with Crippen molar-refractivity contribution in [3.8, 4) is 0 Å². The lowest BCUT2D eigenvalue weighted by Gasteiger charge is -2.55. The Labute approximate surface area is 184 Å². The van der Waals surface area contributed by atoms with E-state index >= 15 is 0 Å². The van der Waals surface area contributed by atoms with Crippen molar-refractivity contribution in [3.63, 3.8) is 0 Å². The zero-order valence-electron chi connectivity index (χ0n) is 21.7. The lowest BCUT2D eigenvalue weighted by molar-refractivity contribution is -0.278. The van der Waals surface area contributed by atoms with Crippen LogP contribution in [0.15, 0.2) is 0 Å². The highest BCUT2D eigenvalue weighted by atomic mass is 28.4. The average molecular weight is 446 g/mol. The second-order valence-electron chi connectivity index (χ2n) is 12.4. The summed E-state index contributed by atoms with van der Waals surface area (Å²) in [5.74, 6) is 0. The van der Waals surface area contributed by atoms with E-state index in [1.165, 1.54) is 0 Å². The molecule has 2 atom stereocenters. The van der Waals surface area contributed by atoms with E-state index in [0.29, 0.717) is 13.2 Å². The van der Waals surface area contributed by atoms with Crippen molar-refractivity contribution in [1.29, 1.82) is 0 Å². The molecule has 0 aromatic carbocycles. The Balaban J connectivity index is 3.09. The van der Waals surface area contributed by atoms with Gasteiger partial charge in [-0.3, -0.25) is 0 Å². The van der Waals surface area contributed by atoms with E-state index < -0.39 is 16.6 Å². The molecule has 0 amide bonds. The van der Waals surface area contributed by atoms with E-state index in [0.717, 1.165) is 32.1 Å². The zero-order chi connectivity index (χ0) is 22.9. The lowest BCUT2D eigenvalue weighted by atomic mass is 9.76. The number of rotatable bonds is 8. The molecule has 0 radical (unpaired) electrons. The second-order valence-corrected chi connectivity index (χ2v) is 22.0. The van der Waals surface area contributed by atoms with Gasteiger partial charge in [0.15, 0.2) is 16.6 Å². The molecule has 1 rings (SSSR count). The normalized spacial score (nSPS) is 28.0. The first kappa shape index (κ1) is 27.3. The first-order valence-electron chi connectivity index (χ1n) is 11.7. The first-order valence-corrected chi connectivity index (χ1v) is 17.5. The standard InChI is InChI=1S/C23H51NO3Si2/c1-13-22(18-26-28(9,10)20(3,4)5)16-15-17-23(14-2,24(22)25)19-27-29(11,12)21(6,7)8/h25H,13-19H2,1-12H3. The Bertz CT molecular complexity index is 493. The van der Waals surface area contributed by atoms with E-state index in [1.54, 1.807) is 5.06 Å².